The molecule has 1 aromatic carbocycles. The molecule has 0 saturated carbocycles. The molecule has 0 aliphatic carbocycles. The van der Waals surface area contributed by atoms with Gasteiger partial charge in [-0.15, -0.1) is 0 Å². The number of ether oxygens (including phenoxy) is 1. The second kappa shape index (κ2) is 6.21. The molecular formula is C14H17BrN2O2. The third-order valence-corrected chi connectivity index (χ3v) is 3.23. The summed E-state index contributed by atoms with van der Waals surface area (Å²) in [6, 6.07) is 5.95. The molecule has 1 aromatic heterocycles. The summed E-state index contributed by atoms with van der Waals surface area (Å²) in [5, 5.41) is 3.92. The number of nitrogens with zero attached hydrogens (tertiary/aromatic N) is 1. The summed E-state index contributed by atoms with van der Waals surface area (Å²) in [6.45, 7) is 4.88. The minimum Gasteiger partial charge on any atom is -0.487 e. The van der Waals surface area contributed by atoms with Crippen LogP contribution in [0.1, 0.15) is 22.6 Å². The Bertz CT molecular complexity index is 567. The van der Waals surface area contributed by atoms with E-state index in [9.17, 15) is 0 Å². The Labute approximate surface area is 121 Å². The van der Waals surface area contributed by atoms with Gasteiger partial charge in [0.15, 0.2) is 0 Å². The zero-order chi connectivity index (χ0) is 13.8. The summed E-state index contributed by atoms with van der Waals surface area (Å²) in [5.41, 5.74) is 8.62. The third-order valence-electron chi connectivity index (χ3n) is 2.77. The lowest BCUT2D eigenvalue weighted by molar-refractivity contribution is 0.283. The van der Waals surface area contributed by atoms with Crippen LogP contribution in [0.2, 0.25) is 0 Å². The van der Waals surface area contributed by atoms with Gasteiger partial charge in [-0.1, -0.05) is 21.1 Å². The highest BCUT2D eigenvalue weighted by Gasteiger charge is 2.10. The molecule has 0 atom stereocenters. The molecule has 102 valence electrons. The first-order valence-corrected chi connectivity index (χ1v) is 6.93. The van der Waals surface area contributed by atoms with Crippen LogP contribution in [0.3, 0.4) is 0 Å². The Balaban J connectivity index is 2.18. The summed E-state index contributed by atoms with van der Waals surface area (Å²) in [6.07, 6.45) is 0.785. The maximum Gasteiger partial charge on any atom is 0.134 e. The minimum absolute atomic E-state index is 0.400. The molecule has 1 heterocycles. The average Bonchev–Trinajstić information content (AvgIpc) is 2.74. The van der Waals surface area contributed by atoms with Crippen LogP contribution in [0.5, 0.6) is 5.75 Å². The van der Waals surface area contributed by atoms with Gasteiger partial charge in [0.25, 0.3) is 0 Å². The smallest absolute Gasteiger partial charge is 0.134 e. The van der Waals surface area contributed by atoms with Crippen LogP contribution in [-0.2, 0) is 13.0 Å². The Morgan fingerprint density at radius 2 is 2.11 bits per heavy atom. The lowest BCUT2D eigenvalue weighted by atomic mass is 10.1. The molecular weight excluding hydrogens is 308 g/mol. The molecule has 0 bridgehead atoms. The minimum atomic E-state index is 0.400. The second-order valence-electron chi connectivity index (χ2n) is 4.47. The van der Waals surface area contributed by atoms with Crippen molar-refractivity contribution in [2.45, 2.75) is 26.9 Å². The number of benzene rings is 1. The van der Waals surface area contributed by atoms with E-state index < -0.39 is 0 Å². The van der Waals surface area contributed by atoms with Crippen LogP contribution in [0.25, 0.3) is 0 Å². The van der Waals surface area contributed by atoms with Crippen molar-refractivity contribution < 1.29 is 9.26 Å². The van der Waals surface area contributed by atoms with Gasteiger partial charge in [-0.05, 0) is 50.1 Å². The van der Waals surface area contributed by atoms with Gasteiger partial charge in [-0.25, -0.2) is 0 Å². The van der Waals surface area contributed by atoms with Crippen LogP contribution in [0.15, 0.2) is 27.2 Å². The zero-order valence-corrected chi connectivity index (χ0v) is 12.7. The zero-order valence-electron chi connectivity index (χ0n) is 11.1. The lowest BCUT2D eigenvalue weighted by Gasteiger charge is -2.13. The topological polar surface area (TPSA) is 61.3 Å². The van der Waals surface area contributed by atoms with Crippen molar-refractivity contribution in [2.24, 2.45) is 5.73 Å². The molecule has 0 amide bonds. The van der Waals surface area contributed by atoms with Crippen LogP contribution < -0.4 is 10.5 Å². The third kappa shape index (κ3) is 3.58. The molecule has 2 aromatic rings. The molecule has 0 aliphatic rings. The number of aryl methyl sites for hydroxylation is 2. The second-order valence-corrected chi connectivity index (χ2v) is 5.38. The van der Waals surface area contributed by atoms with Crippen molar-refractivity contribution in [1.29, 1.82) is 0 Å². The van der Waals surface area contributed by atoms with Crippen molar-refractivity contribution >= 4 is 15.9 Å². The number of aromatic nitrogens is 1. The van der Waals surface area contributed by atoms with E-state index in [1.807, 2.05) is 32.0 Å². The number of nitrogens with two attached hydrogens (primary N) is 1. The summed E-state index contributed by atoms with van der Waals surface area (Å²) >= 11 is 3.49. The fraction of sp³-hybridized carbons (Fsp3) is 0.357. The molecule has 0 unspecified atom stereocenters. The quantitative estimate of drug-likeness (QED) is 0.917. The van der Waals surface area contributed by atoms with Crippen LogP contribution in [0, 0.1) is 13.8 Å². The Morgan fingerprint density at radius 3 is 2.74 bits per heavy atom. The normalized spacial score (nSPS) is 10.7. The van der Waals surface area contributed by atoms with Crippen LogP contribution in [0.4, 0.5) is 0 Å². The van der Waals surface area contributed by atoms with Crippen LogP contribution in [-0.4, -0.2) is 11.7 Å². The van der Waals surface area contributed by atoms with E-state index in [4.69, 9.17) is 15.0 Å². The van der Waals surface area contributed by atoms with E-state index in [-0.39, 0.29) is 0 Å². The van der Waals surface area contributed by atoms with Gasteiger partial charge in [-0.2, -0.15) is 0 Å². The van der Waals surface area contributed by atoms with Gasteiger partial charge in [0.05, 0.1) is 0 Å². The van der Waals surface area contributed by atoms with Crippen molar-refractivity contribution in [3.8, 4) is 5.75 Å². The van der Waals surface area contributed by atoms with Gasteiger partial charge in [0.2, 0.25) is 0 Å². The summed E-state index contributed by atoms with van der Waals surface area (Å²) in [7, 11) is 0. The first-order valence-electron chi connectivity index (χ1n) is 6.14. The van der Waals surface area contributed by atoms with Crippen molar-refractivity contribution in [3.63, 3.8) is 0 Å². The highest BCUT2D eigenvalue weighted by molar-refractivity contribution is 9.10. The van der Waals surface area contributed by atoms with E-state index in [2.05, 4.69) is 21.1 Å². The Morgan fingerprint density at radius 1 is 1.32 bits per heavy atom. The molecule has 0 saturated heterocycles. The largest absolute Gasteiger partial charge is 0.487 e. The van der Waals surface area contributed by atoms with Crippen molar-refractivity contribution in [3.05, 3.63) is 45.3 Å². The summed E-state index contributed by atoms with van der Waals surface area (Å²) in [5.74, 6) is 1.67. The Kier molecular flexibility index (Phi) is 4.61. The van der Waals surface area contributed by atoms with E-state index in [1.54, 1.807) is 0 Å². The van der Waals surface area contributed by atoms with Gasteiger partial charge >= 0.3 is 0 Å². The van der Waals surface area contributed by atoms with E-state index in [1.165, 1.54) is 0 Å². The molecule has 5 heteroatoms. The monoisotopic (exact) mass is 324 g/mol. The fourth-order valence-corrected chi connectivity index (χ4v) is 2.60. The van der Waals surface area contributed by atoms with E-state index in [0.717, 1.165) is 39.2 Å². The molecule has 2 rings (SSSR count). The van der Waals surface area contributed by atoms with Gasteiger partial charge < -0.3 is 15.0 Å². The Hall–Kier alpha value is -1.33. The fourth-order valence-electron chi connectivity index (χ4n) is 1.98. The number of halogens is 1. The highest BCUT2D eigenvalue weighted by Crippen LogP contribution is 2.29. The first-order chi connectivity index (χ1) is 9.10. The summed E-state index contributed by atoms with van der Waals surface area (Å²) in [4.78, 5) is 0. The predicted octanol–water partition coefficient (Wildman–Crippen LogP) is 3.13. The molecule has 0 fully saturated rings. The predicted molar refractivity (Wildman–Crippen MR) is 77.2 cm³/mol. The molecule has 2 N–H and O–H groups in total. The van der Waals surface area contributed by atoms with Crippen molar-refractivity contribution in [2.75, 3.05) is 6.54 Å². The average molecular weight is 325 g/mol. The van der Waals surface area contributed by atoms with Crippen molar-refractivity contribution in [1.82, 2.24) is 5.16 Å². The lowest BCUT2D eigenvalue weighted by Crippen LogP contribution is -2.07. The number of hydrogen-bond donors (Lipinski definition) is 1. The standard InChI is InChI=1S/C14H17BrN2O2/c1-9-5-12(15)7-11(3-4-16)14(9)18-8-13-6-10(2)19-17-13/h5-7H,3-4,8,16H2,1-2H3. The van der Waals surface area contributed by atoms with Gasteiger partial charge in [0.1, 0.15) is 23.8 Å². The van der Waals surface area contributed by atoms with E-state index in [0.29, 0.717) is 13.2 Å². The SMILES string of the molecule is Cc1cc(COc2c(C)cc(Br)cc2CCN)no1. The highest BCUT2D eigenvalue weighted by atomic mass is 79.9. The molecule has 0 radical (unpaired) electrons. The molecule has 4 nitrogen and oxygen atoms in total. The number of hydrogen-bond acceptors (Lipinski definition) is 4. The van der Waals surface area contributed by atoms with Gasteiger partial charge in [0, 0.05) is 10.5 Å². The maximum atomic E-state index is 5.88. The maximum absolute atomic E-state index is 5.88. The molecule has 0 spiro atoms. The van der Waals surface area contributed by atoms with Gasteiger partial charge in [-0.3, -0.25) is 0 Å². The summed E-state index contributed by atoms with van der Waals surface area (Å²) < 4.78 is 11.9. The van der Waals surface area contributed by atoms with E-state index >= 15 is 0 Å². The molecule has 0 aliphatic heterocycles. The molecule has 19 heavy (non-hydrogen) atoms. The van der Waals surface area contributed by atoms with Crippen LogP contribution >= 0.6 is 15.9 Å². The first kappa shape index (κ1) is 14.1. The number of rotatable bonds is 5.